The molecule has 138 valence electrons. The Balaban J connectivity index is 1.71. The molecule has 0 aliphatic rings. The van der Waals surface area contributed by atoms with Crippen LogP contribution in [0.1, 0.15) is 16.8 Å². The first-order chi connectivity index (χ1) is 13.1. The van der Waals surface area contributed by atoms with Crippen molar-refractivity contribution in [2.75, 3.05) is 7.11 Å². The molecular formula is C20H20FN5O. The predicted octanol–water partition coefficient (Wildman–Crippen LogP) is 3.37. The Morgan fingerprint density at radius 2 is 2.00 bits per heavy atom. The van der Waals surface area contributed by atoms with Crippen molar-refractivity contribution in [1.29, 1.82) is 0 Å². The maximum Gasteiger partial charge on any atom is 0.170 e. The van der Waals surface area contributed by atoms with E-state index >= 15 is 0 Å². The molecule has 0 saturated carbocycles. The Hall–Kier alpha value is -3.22. The SMILES string of the molecule is COc1cccc(F)c1CCc1ccc(-c2c(C)cnn2C)c2nncn12. The number of aromatic nitrogens is 5. The molecule has 0 aliphatic heterocycles. The third kappa shape index (κ3) is 2.95. The van der Waals surface area contributed by atoms with Gasteiger partial charge in [0.25, 0.3) is 0 Å². The van der Waals surface area contributed by atoms with Gasteiger partial charge in [-0.2, -0.15) is 5.10 Å². The molecule has 0 unspecified atom stereocenters. The van der Waals surface area contributed by atoms with E-state index in [2.05, 4.69) is 15.3 Å². The van der Waals surface area contributed by atoms with Crippen LogP contribution in [0.2, 0.25) is 0 Å². The summed E-state index contributed by atoms with van der Waals surface area (Å²) in [6.07, 6.45) is 4.68. The van der Waals surface area contributed by atoms with Crippen LogP contribution in [0, 0.1) is 12.7 Å². The van der Waals surface area contributed by atoms with Crippen molar-refractivity contribution in [3.63, 3.8) is 0 Å². The van der Waals surface area contributed by atoms with Gasteiger partial charge in [-0.05, 0) is 49.6 Å². The number of ether oxygens (including phenoxy) is 1. The molecule has 0 N–H and O–H groups in total. The van der Waals surface area contributed by atoms with E-state index < -0.39 is 0 Å². The van der Waals surface area contributed by atoms with Crippen LogP contribution < -0.4 is 4.74 Å². The molecule has 6 nitrogen and oxygen atoms in total. The highest BCUT2D eigenvalue weighted by Crippen LogP contribution is 2.28. The van der Waals surface area contributed by atoms with E-state index in [0.29, 0.717) is 24.2 Å². The summed E-state index contributed by atoms with van der Waals surface area (Å²) in [6, 6.07) is 8.95. The van der Waals surface area contributed by atoms with Gasteiger partial charge in [0.15, 0.2) is 5.65 Å². The van der Waals surface area contributed by atoms with Gasteiger partial charge in [-0.3, -0.25) is 9.08 Å². The van der Waals surface area contributed by atoms with E-state index in [0.717, 1.165) is 28.2 Å². The normalized spacial score (nSPS) is 11.3. The molecule has 4 aromatic rings. The van der Waals surface area contributed by atoms with Gasteiger partial charge in [0.1, 0.15) is 17.9 Å². The molecule has 4 rings (SSSR count). The van der Waals surface area contributed by atoms with Crippen LogP contribution in [0.5, 0.6) is 5.75 Å². The third-order valence-electron chi connectivity index (χ3n) is 4.84. The second-order valence-electron chi connectivity index (χ2n) is 6.48. The number of benzene rings is 1. The summed E-state index contributed by atoms with van der Waals surface area (Å²) in [6.45, 7) is 2.02. The highest BCUT2D eigenvalue weighted by Gasteiger charge is 2.16. The number of fused-ring (bicyclic) bond motifs is 1. The van der Waals surface area contributed by atoms with E-state index in [1.54, 1.807) is 25.6 Å². The molecule has 7 heteroatoms. The van der Waals surface area contributed by atoms with E-state index in [1.165, 1.54) is 6.07 Å². The monoisotopic (exact) mass is 365 g/mol. The van der Waals surface area contributed by atoms with E-state index in [9.17, 15) is 4.39 Å². The number of aryl methyl sites for hydroxylation is 3. The van der Waals surface area contributed by atoms with Crippen molar-refractivity contribution >= 4 is 5.65 Å². The fourth-order valence-electron chi connectivity index (χ4n) is 3.51. The minimum Gasteiger partial charge on any atom is -0.496 e. The maximum absolute atomic E-state index is 14.2. The van der Waals surface area contributed by atoms with Crippen molar-refractivity contribution in [3.05, 3.63) is 65.5 Å². The van der Waals surface area contributed by atoms with Gasteiger partial charge >= 0.3 is 0 Å². The first-order valence-electron chi connectivity index (χ1n) is 8.72. The summed E-state index contributed by atoms with van der Waals surface area (Å²) in [5, 5.41) is 12.7. The van der Waals surface area contributed by atoms with Crippen LogP contribution >= 0.6 is 0 Å². The van der Waals surface area contributed by atoms with Crippen molar-refractivity contribution in [2.24, 2.45) is 7.05 Å². The topological polar surface area (TPSA) is 57.2 Å². The summed E-state index contributed by atoms with van der Waals surface area (Å²) in [5.41, 5.74) is 5.40. The number of halogens is 1. The molecule has 0 aliphatic carbocycles. The summed E-state index contributed by atoms with van der Waals surface area (Å²) >= 11 is 0. The first kappa shape index (κ1) is 17.2. The van der Waals surface area contributed by atoms with Gasteiger partial charge in [-0.1, -0.05) is 6.07 Å². The van der Waals surface area contributed by atoms with Gasteiger partial charge in [-0.25, -0.2) is 4.39 Å². The molecule has 0 radical (unpaired) electrons. The van der Waals surface area contributed by atoms with Gasteiger partial charge < -0.3 is 4.74 Å². The fourth-order valence-corrected chi connectivity index (χ4v) is 3.51. The minimum atomic E-state index is -0.253. The highest BCUT2D eigenvalue weighted by molar-refractivity contribution is 5.77. The van der Waals surface area contributed by atoms with Crippen LogP contribution in [0.25, 0.3) is 16.9 Å². The van der Waals surface area contributed by atoms with Crippen LogP contribution in [-0.2, 0) is 19.9 Å². The molecule has 1 aromatic carbocycles. The highest BCUT2D eigenvalue weighted by atomic mass is 19.1. The molecule has 0 amide bonds. The smallest absolute Gasteiger partial charge is 0.170 e. The Morgan fingerprint density at radius 3 is 2.74 bits per heavy atom. The number of rotatable bonds is 5. The zero-order chi connectivity index (χ0) is 19.0. The second-order valence-corrected chi connectivity index (χ2v) is 6.48. The maximum atomic E-state index is 14.2. The lowest BCUT2D eigenvalue weighted by molar-refractivity contribution is 0.404. The lowest BCUT2D eigenvalue weighted by Gasteiger charge is -2.12. The summed E-state index contributed by atoms with van der Waals surface area (Å²) in [5.74, 6) is 0.314. The number of methoxy groups -OCH3 is 1. The zero-order valence-corrected chi connectivity index (χ0v) is 15.5. The zero-order valence-electron chi connectivity index (χ0n) is 15.5. The van der Waals surface area contributed by atoms with Crippen LogP contribution in [-0.4, -0.2) is 31.5 Å². The summed E-state index contributed by atoms with van der Waals surface area (Å²) in [4.78, 5) is 0. The van der Waals surface area contributed by atoms with E-state index in [-0.39, 0.29) is 5.82 Å². The van der Waals surface area contributed by atoms with Crippen LogP contribution in [0.15, 0.2) is 42.9 Å². The quantitative estimate of drug-likeness (QED) is 0.544. The van der Waals surface area contributed by atoms with Crippen molar-refractivity contribution in [1.82, 2.24) is 24.4 Å². The van der Waals surface area contributed by atoms with Gasteiger partial charge in [0.05, 0.1) is 19.0 Å². The van der Waals surface area contributed by atoms with Crippen LogP contribution in [0.4, 0.5) is 4.39 Å². The van der Waals surface area contributed by atoms with Crippen molar-refractivity contribution < 1.29 is 9.13 Å². The first-order valence-corrected chi connectivity index (χ1v) is 8.72. The van der Waals surface area contributed by atoms with Gasteiger partial charge in [0.2, 0.25) is 0 Å². The average molecular weight is 365 g/mol. The largest absolute Gasteiger partial charge is 0.496 e. The predicted molar refractivity (Wildman–Crippen MR) is 100 cm³/mol. The number of pyridine rings is 1. The average Bonchev–Trinajstić information content (AvgIpc) is 3.28. The standard InChI is InChI=1S/C20H20FN5O/c1-13-11-23-25(2)19(13)16-10-8-14(26-12-22-24-20(16)26)7-9-15-17(21)5-4-6-18(15)27-3/h4-6,8,10-12H,7,9H2,1-3H3. The number of nitrogens with zero attached hydrogens (tertiary/aromatic N) is 5. The Morgan fingerprint density at radius 1 is 1.15 bits per heavy atom. The lowest BCUT2D eigenvalue weighted by atomic mass is 10.0. The Labute approximate surface area is 156 Å². The Bertz CT molecular complexity index is 1100. The summed E-state index contributed by atoms with van der Waals surface area (Å²) < 4.78 is 23.3. The molecule has 0 bridgehead atoms. The summed E-state index contributed by atoms with van der Waals surface area (Å²) in [7, 11) is 3.47. The minimum absolute atomic E-state index is 0.253. The Kier molecular flexibility index (Phi) is 4.35. The molecule has 3 aromatic heterocycles. The molecule has 0 fully saturated rings. The number of hydrogen-bond acceptors (Lipinski definition) is 4. The molecule has 0 spiro atoms. The molecule has 27 heavy (non-hydrogen) atoms. The fraction of sp³-hybridized carbons (Fsp3) is 0.250. The molecule has 0 atom stereocenters. The number of hydrogen-bond donors (Lipinski definition) is 0. The van der Waals surface area contributed by atoms with E-state index in [4.69, 9.17) is 4.74 Å². The van der Waals surface area contributed by atoms with Gasteiger partial charge in [-0.15, -0.1) is 10.2 Å². The third-order valence-corrected chi connectivity index (χ3v) is 4.84. The molecular weight excluding hydrogens is 345 g/mol. The van der Waals surface area contributed by atoms with Crippen molar-refractivity contribution in [2.45, 2.75) is 19.8 Å². The van der Waals surface area contributed by atoms with E-state index in [1.807, 2.05) is 41.4 Å². The lowest BCUT2D eigenvalue weighted by Crippen LogP contribution is -2.04. The van der Waals surface area contributed by atoms with Crippen LogP contribution in [0.3, 0.4) is 0 Å². The molecule has 3 heterocycles. The van der Waals surface area contributed by atoms with Gasteiger partial charge in [0, 0.05) is 23.9 Å². The second kappa shape index (κ2) is 6.83. The molecule has 0 saturated heterocycles. The van der Waals surface area contributed by atoms with Crippen molar-refractivity contribution in [3.8, 4) is 17.0 Å².